The number of rotatable bonds is 8. The van der Waals surface area contributed by atoms with Crippen LogP contribution in [0, 0.1) is 0 Å². The third-order valence-electron chi connectivity index (χ3n) is 3.24. The van der Waals surface area contributed by atoms with E-state index in [1.807, 2.05) is 16.8 Å². The first-order valence-corrected chi connectivity index (χ1v) is 8.25. The summed E-state index contributed by atoms with van der Waals surface area (Å²) >= 11 is 1.58. The van der Waals surface area contributed by atoms with Crippen LogP contribution in [0.3, 0.4) is 0 Å². The third-order valence-corrected chi connectivity index (χ3v) is 3.97. The predicted molar refractivity (Wildman–Crippen MR) is 91.8 cm³/mol. The highest BCUT2D eigenvalue weighted by Gasteiger charge is 2.12. The molecule has 128 valence electrons. The summed E-state index contributed by atoms with van der Waals surface area (Å²) in [4.78, 5) is 23.6. The van der Waals surface area contributed by atoms with E-state index in [-0.39, 0.29) is 13.0 Å². The minimum absolute atomic E-state index is 0.243. The summed E-state index contributed by atoms with van der Waals surface area (Å²) in [6.07, 6.45) is 0.847. The van der Waals surface area contributed by atoms with Crippen LogP contribution in [0.1, 0.15) is 12.0 Å². The van der Waals surface area contributed by atoms with Gasteiger partial charge in [0.1, 0.15) is 11.5 Å². The van der Waals surface area contributed by atoms with E-state index in [2.05, 4.69) is 5.32 Å². The van der Waals surface area contributed by atoms with Gasteiger partial charge in [-0.25, -0.2) is 0 Å². The second kappa shape index (κ2) is 8.93. The number of hydrogen-bond donors (Lipinski definition) is 1. The Morgan fingerprint density at radius 2 is 2.00 bits per heavy atom. The average molecular weight is 349 g/mol. The quantitative estimate of drug-likeness (QED) is 0.742. The molecule has 0 spiro atoms. The topological polar surface area (TPSA) is 73.9 Å². The molecule has 6 nitrogen and oxygen atoms in total. The Balaban J connectivity index is 1.81. The van der Waals surface area contributed by atoms with Gasteiger partial charge in [-0.15, -0.1) is 0 Å². The SMILES string of the molecule is COc1ccc(OC)c(NC(=O)COC(=O)CCc2ccsc2)c1. The number of esters is 1. The lowest BCUT2D eigenvalue weighted by Crippen LogP contribution is -2.21. The van der Waals surface area contributed by atoms with Crippen LogP contribution < -0.4 is 14.8 Å². The Morgan fingerprint density at radius 3 is 2.67 bits per heavy atom. The normalized spacial score (nSPS) is 10.1. The summed E-state index contributed by atoms with van der Waals surface area (Å²) in [6, 6.07) is 7.00. The number of hydrogen-bond acceptors (Lipinski definition) is 6. The number of methoxy groups -OCH3 is 2. The molecule has 0 bridgehead atoms. The minimum Gasteiger partial charge on any atom is -0.497 e. The fourth-order valence-electron chi connectivity index (χ4n) is 2.00. The van der Waals surface area contributed by atoms with Crippen molar-refractivity contribution in [2.24, 2.45) is 0 Å². The van der Waals surface area contributed by atoms with Crippen molar-refractivity contribution in [3.63, 3.8) is 0 Å². The number of carbonyl (C=O) groups is 2. The molecule has 1 aromatic heterocycles. The highest BCUT2D eigenvalue weighted by atomic mass is 32.1. The maximum atomic E-state index is 11.9. The molecule has 0 fully saturated rings. The van der Waals surface area contributed by atoms with E-state index in [4.69, 9.17) is 14.2 Å². The number of nitrogens with one attached hydrogen (secondary N) is 1. The Bertz CT molecular complexity index is 684. The molecule has 1 amide bonds. The molecular weight excluding hydrogens is 330 g/mol. The summed E-state index contributed by atoms with van der Waals surface area (Å²) in [7, 11) is 3.03. The Morgan fingerprint density at radius 1 is 1.17 bits per heavy atom. The molecule has 0 saturated heterocycles. The highest BCUT2D eigenvalue weighted by Crippen LogP contribution is 2.28. The van der Waals surface area contributed by atoms with E-state index >= 15 is 0 Å². The number of carbonyl (C=O) groups excluding carboxylic acids is 2. The number of benzene rings is 1. The van der Waals surface area contributed by atoms with Gasteiger partial charge in [0.05, 0.1) is 19.9 Å². The van der Waals surface area contributed by atoms with Crippen molar-refractivity contribution in [2.75, 3.05) is 26.1 Å². The van der Waals surface area contributed by atoms with Crippen molar-refractivity contribution in [3.8, 4) is 11.5 Å². The van der Waals surface area contributed by atoms with Gasteiger partial charge in [-0.2, -0.15) is 11.3 Å². The lowest BCUT2D eigenvalue weighted by Gasteiger charge is -2.12. The van der Waals surface area contributed by atoms with Gasteiger partial charge < -0.3 is 19.5 Å². The van der Waals surface area contributed by atoms with Gasteiger partial charge in [0.2, 0.25) is 0 Å². The minimum atomic E-state index is -0.439. The van der Waals surface area contributed by atoms with Crippen LogP contribution in [-0.4, -0.2) is 32.7 Å². The van der Waals surface area contributed by atoms with Crippen LogP contribution in [0.2, 0.25) is 0 Å². The van der Waals surface area contributed by atoms with E-state index < -0.39 is 11.9 Å². The smallest absolute Gasteiger partial charge is 0.306 e. The molecule has 1 N–H and O–H groups in total. The summed E-state index contributed by atoms with van der Waals surface area (Å²) in [5.41, 5.74) is 1.54. The van der Waals surface area contributed by atoms with E-state index in [9.17, 15) is 9.59 Å². The summed E-state index contributed by atoms with van der Waals surface area (Å²) in [5, 5.41) is 6.58. The third kappa shape index (κ3) is 5.27. The molecule has 0 radical (unpaired) electrons. The number of thiophene rings is 1. The summed E-state index contributed by atoms with van der Waals surface area (Å²) < 4.78 is 15.3. The zero-order valence-corrected chi connectivity index (χ0v) is 14.4. The average Bonchev–Trinajstić information content (AvgIpc) is 3.11. The molecule has 2 rings (SSSR count). The summed E-state index contributed by atoms with van der Waals surface area (Å²) in [5.74, 6) is 0.228. The zero-order valence-electron chi connectivity index (χ0n) is 13.5. The number of amides is 1. The first-order chi connectivity index (χ1) is 11.6. The van der Waals surface area contributed by atoms with E-state index in [1.54, 1.807) is 29.5 Å². The number of aryl methyl sites for hydroxylation is 1. The van der Waals surface area contributed by atoms with E-state index in [1.165, 1.54) is 14.2 Å². The van der Waals surface area contributed by atoms with Gasteiger partial charge in [-0.1, -0.05) is 0 Å². The Hall–Kier alpha value is -2.54. The Labute approximate surface area is 144 Å². The molecule has 0 atom stereocenters. The lowest BCUT2D eigenvalue weighted by atomic mass is 10.2. The Kier molecular flexibility index (Phi) is 6.62. The highest BCUT2D eigenvalue weighted by molar-refractivity contribution is 7.07. The fraction of sp³-hybridized carbons (Fsp3) is 0.294. The van der Waals surface area contributed by atoms with Crippen LogP contribution >= 0.6 is 11.3 Å². The number of ether oxygens (including phenoxy) is 3. The van der Waals surface area contributed by atoms with Crippen LogP contribution in [0.25, 0.3) is 0 Å². The first-order valence-electron chi connectivity index (χ1n) is 7.31. The molecule has 2 aromatic rings. The van der Waals surface area contributed by atoms with Crippen molar-refractivity contribution < 1.29 is 23.8 Å². The van der Waals surface area contributed by atoms with Crippen molar-refractivity contribution in [1.29, 1.82) is 0 Å². The summed E-state index contributed by atoms with van der Waals surface area (Å²) in [6.45, 7) is -0.344. The predicted octanol–water partition coefficient (Wildman–Crippen LogP) is 2.88. The second-order valence-electron chi connectivity index (χ2n) is 4.91. The number of anilines is 1. The van der Waals surface area contributed by atoms with Gasteiger partial charge in [-0.3, -0.25) is 9.59 Å². The molecule has 0 aliphatic rings. The van der Waals surface area contributed by atoms with Crippen LogP contribution in [-0.2, 0) is 20.7 Å². The van der Waals surface area contributed by atoms with Gasteiger partial charge in [0, 0.05) is 12.5 Å². The van der Waals surface area contributed by atoms with Crippen molar-refractivity contribution in [3.05, 3.63) is 40.6 Å². The molecule has 0 unspecified atom stereocenters. The van der Waals surface area contributed by atoms with Gasteiger partial charge >= 0.3 is 5.97 Å². The van der Waals surface area contributed by atoms with Crippen molar-refractivity contribution in [2.45, 2.75) is 12.8 Å². The van der Waals surface area contributed by atoms with Crippen LogP contribution in [0.5, 0.6) is 11.5 Å². The molecule has 24 heavy (non-hydrogen) atoms. The maximum absolute atomic E-state index is 11.9. The largest absolute Gasteiger partial charge is 0.497 e. The van der Waals surface area contributed by atoms with Crippen LogP contribution in [0.15, 0.2) is 35.0 Å². The molecule has 1 aromatic carbocycles. The van der Waals surface area contributed by atoms with Crippen molar-refractivity contribution in [1.82, 2.24) is 0 Å². The molecule has 7 heteroatoms. The van der Waals surface area contributed by atoms with Crippen LogP contribution in [0.4, 0.5) is 5.69 Å². The zero-order chi connectivity index (χ0) is 17.4. The maximum Gasteiger partial charge on any atom is 0.306 e. The second-order valence-corrected chi connectivity index (χ2v) is 5.69. The first kappa shape index (κ1) is 17.8. The fourth-order valence-corrected chi connectivity index (χ4v) is 2.70. The molecule has 0 aliphatic heterocycles. The monoisotopic (exact) mass is 349 g/mol. The van der Waals surface area contributed by atoms with E-state index in [0.717, 1.165) is 5.56 Å². The molecular formula is C17H19NO5S. The van der Waals surface area contributed by atoms with Crippen molar-refractivity contribution >= 4 is 28.9 Å². The standard InChI is InChI=1S/C17H19NO5S/c1-21-13-4-5-15(22-2)14(9-13)18-16(19)10-23-17(20)6-3-12-7-8-24-11-12/h4-5,7-9,11H,3,6,10H2,1-2H3,(H,18,19). The van der Waals surface area contributed by atoms with Gasteiger partial charge in [0.25, 0.3) is 5.91 Å². The van der Waals surface area contributed by atoms with Gasteiger partial charge in [0.15, 0.2) is 6.61 Å². The van der Waals surface area contributed by atoms with E-state index in [0.29, 0.717) is 23.6 Å². The van der Waals surface area contributed by atoms with Gasteiger partial charge in [-0.05, 0) is 40.9 Å². The molecule has 0 saturated carbocycles. The molecule has 0 aliphatic carbocycles. The lowest BCUT2D eigenvalue weighted by molar-refractivity contribution is -0.147. The molecule has 1 heterocycles.